The first kappa shape index (κ1) is 31.9. The van der Waals surface area contributed by atoms with E-state index in [4.69, 9.17) is 5.84 Å². The molecule has 0 saturated carbocycles. The zero-order chi connectivity index (χ0) is 26.1. The van der Waals surface area contributed by atoms with Crippen LogP contribution in [0.15, 0.2) is 34.9 Å². The number of hydrazine groups is 1. The van der Waals surface area contributed by atoms with Crippen LogP contribution >= 0.6 is 11.8 Å². The van der Waals surface area contributed by atoms with E-state index in [1.54, 1.807) is 11.8 Å². The Hall–Kier alpha value is -2.06. The fourth-order valence-electron chi connectivity index (χ4n) is 3.19. The largest absolute Gasteiger partial charge is 0.344 e. The number of allylic oxidation sites excluding steroid dienone is 5. The first-order valence-corrected chi connectivity index (χ1v) is 13.3. The normalized spacial score (nSPS) is 14.6. The zero-order valence-corrected chi connectivity index (χ0v) is 22.9. The zero-order valence-electron chi connectivity index (χ0n) is 22.1. The van der Waals surface area contributed by atoms with Gasteiger partial charge in [-0.2, -0.15) is 11.8 Å². The molecule has 0 radical (unpaired) electrons. The van der Waals surface area contributed by atoms with Gasteiger partial charge in [-0.05, 0) is 59.3 Å². The molecule has 0 aliphatic heterocycles. The van der Waals surface area contributed by atoms with E-state index >= 15 is 0 Å². The minimum absolute atomic E-state index is 0.0614. The summed E-state index contributed by atoms with van der Waals surface area (Å²) >= 11 is 1.55. The molecule has 0 aliphatic rings. The molecule has 0 bridgehead atoms. The Morgan fingerprint density at radius 3 is 2.00 bits per heavy atom. The van der Waals surface area contributed by atoms with Crippen LogP contribution in [0.4, 0.5) is 0 Å². The molecule has 0 aliphatic carbocycles. The van der Waals surface area contributed by atoms with Crippen LogP contribution in [-0.2, 0) is 14.4 Å². The molecule has 5 N–H and O–H groups in total. The third-order valence-corrected chi connectivity index (χ3v) is 6.56. The minimum Gasteiger partial charge on any atom is -0.344 e. The van der Waals surface area contributed by atoms with Gasteiger partial charge in [0.25, 0.3) is 5.91 Å². The summed E-state index contributed by atoms with van der Waals surface area (Å²) in [7, 11) is 0. The van der Waals surface area contributed by atoms with Crippen molar-refractivity contribution in [2.75, 3.05) is 11.5 Å². The van der Waals surface area contributed by atoms with Gasteiger partial charge in [-0.1, -0.05) is 55.2 Å². The molecule has 8 heteroatoms. The van der Waals surface area contributed by atoms with Crippen molar-refractivity contribution in [1.29, 1.82) is 0 Å². The quantitative estimate of drug-likeness (QED) is 0.0846. The molecule has 0 aromatic heterocycles. The Kier molecular flexibility index (Phi) is 17.2. The van der Waals surface area contributed by atoms with E-state index in [0.717, 1.165) is 37.9 Å². The monoisotopic (exact) mass is 494 g/mol. The van der Waals surface area contributed by atoms with Crippen molar-refractivity contribution < 1.29 is 14.4 Å². The number of carbonyl (C=O) groups excluding carboxylic acids is 3. The number of rotatable bonds is 16. The minimum atomic E-state index is -0.775. The van der Waals surface area contributed by atoms with Gasteiger partial charge in [0.15, 0.2) is 0 Å². The molecular weight excluding hydrogens is 448 g/mol. The molecule has 7 nitrogen and oxygen atoms in total. The average Bonchev–Trinajstić information content (AvgIpc) is 2.77. The topological polar surface area (TPSA) is 113 Å². The molecule has 0 aromatic rings. The van der Waals surface area contributed by atoms with Crippen molar-refractivity contribution in [3.8, 4) is 0 Å². The van der Waals surface area contributed by atoms with E-state index in [0.29, 0.717) is 5.75 Å². The summed E-state index contributed by atoms with van der Waals surface area (Å²) in [6.07, 6.45) is 11.7. The molecule has 0 rings (SSSR count). The molecule has 0 aromatic carbocycles. The Morgan fingerprint density at radius 1 is 0.882 bits per heavy atom. The predicted molar refractivity (Wildman–Crippen MR) is 144 cm³/mol. The van der Waals surface area contributed by atoms with E-state index in [1.165, 1.54) is 23.6 Å². The summed E-state index contributed by atoms with van der Waals surface area (Å²) in [4.78, 5) is 36.5. The molecule has 3 atom stereocenters. The lowest BCUT2D eigenvalue weighted by Gasteiger charge is -2.25. The van der Waals surface area contributed by atoms with E-state index in [-0.39, 0.29) is 17.7 Å². The third-order valence-electron chi connectivity index (χ3n) is 5.59. The van der Waals surface area contributed by atoms with Gasteiger partial charge in [-0.15, -0.1) is 0 Å². The molecule has 0 spiro atoms. The molecule has 0 unspecified atom stereocenters. The maximum Gasteiger partial charge on any atom is 0.257 e. The van der Waals surface area contributed by atoms with E-state index in [1.807, 2.05) is 13.8 Å². The molecule has 3 amide bonds. The summed E-state index contributed by atoms with van der Waals surface area (Å²) < 4.78 is 0. The highest BCUT2D eigenvalue weighted by Crippen LogP contribution is 2.14. The average molecular weight is 495 g/mol. The van der Waals surface area contributed by atoms with Gasteiger partial charge in [0, 0.05) is 18.4 Å². The van der Waals surface area contributed by atoms with E-state index in [2.05, 4.69) is 62.0 Å². The van der Waals surface area contributed by atoms with Crippen LogP contribution in [0.3, 0.4) is 0 Å². The summed E-state index contributed by atoms with van der Waals surface area (Å²) in [5, 5.41) is 5.43. The Labute approximate surface area is 210 Å². The van der Waals surface area contributed by atoms with Crippen molar-refractivity contribution in [1.82, 2.24) is 16.1 Å². The van der Waals surface area contributed by atoms with Crippen LogP contribution < -0.4 is 21.9 Å². The Morgan fingerprint density at radius 2 is 1.47 bits per heavy atom. The molecule has 34 heavy (non-hydrogen) atoms. The van der Waals surface area contributed by atoms with Gasteiger partial charge < -0.3 is 10.6 Å². The van der Waals surface area contributed by atoms with Crippen molar-refractivity contribution in [3.05, 3.63) is 34.9 Å². The summed E-state index contributed by atoms with van der Waals surface area (Å²) in [5.74, 6) is 5.26. The number of nitrogens with two attached hydrogens (primary N) is 1. The molecular formula is C26H46N4O3S. The highest BCUT2D eigenvalue weighted by molar-refractivity contribution is 7.99. The van der Waals surface area contributed by atoms with Crippen LogP contribution in [0.1, 0.15) is 80.6 Å². The van der Waals surface area contributed by atoms with Crippen LogP contribution in [0.25, 0.3) is 0 Å². The Bertz CT molecular complexity index is 742. The predicted octanol–water partition coefficient (Wildman–Crippen LogP) is 4.16. The number of amides is 3. The fourth-order valence-corrected chi connectivity index (χ4v) is 4.20. The van der Waals surface area contributed by atoms with Gasteiger partial charge >= 0.3 is 0 Å². The van der Waals surface area contributed by atoms with Crippen LogP contribution in [0, 0.1) is 5.92 Å². The SMILES string of the molecule is CC[C@H](C)[C@@H](NC(C)=O)C(=O)N[C@@H](CSC/C=C(\C)CC/C=C(\C)CCC=C(C)C)C(=O)NN. The lowest BCUT2D eigenvalue weighted by Crippen LogP contribution is -2.57. The highest BCUT2D eigenvalue weighted by Gasteiger charge is 2.28. The second kappa shape index (κ2) is 18.3. The van der Waals surface area contributed by atoms with Gasteiger partial charge in [0.05, 0.1) is 0 Å². The van der Waals surface area contributed by atoms with Crippen molar-refractivity contribution >= 4 is 29.5 Å². The lowest BCUT2D eigenvalue weighted by atomic mass is 9.98. The van der Waals surface area contributed by atoms with Crippen LogP contribution in [0.2, 0.25) is 0 Å². The molecule has 194 valence electrons. The van der Waals surface area contributed by atoms with Crippen molar-refractivity contribution in [3.63, 3.8) is 0 Å². The maximum absolute atomic E-state index is 12.7. The number of nitrogens with one attached hydrogen (secondary N) is 3. The maximum atomic E-state index is 12.7. The number of hydrogen-bond donors (Lipinski definition) is 4. The second-order valence-electron chi connectivity index (χ2n) is 9.13. The van der Waals surface area contributed by atoms with E-state index in [9.17, 15) is 14.4 Å². The van der Waals surface area contributed by atoms with Crippen molar-refractivity contribution in [2.24, 2.45) is 11.8 Å². The van der Waals surface area contributed by atoms with Crippen LogP contribution in [-0.4, -0.2) is 41.3 Å². The molecule has 0 fully saturated rings. The van der Waals surface area contributed by atoms with Crippen molar-refractivity contribution in [2.45, 2.75) is 92.7 Å². The first-order chi connectivity index (χ1) is 16.0. The summed E-state index contributed by atoms with van der Waals surface area (Å²) in [6, 6.07) is -1.47. The second-order valence-corrected chi connectivity index (χ2v) is 10.2. The smallest absolute Gasteiger partial charge is 0.257 e. The number of hydrogen-bond acceptors (Lipinski definition) is 5. The van der Waals surface area contributed by atoms with Gasteiger partial charge in [0.1, 0.15) is 12.1 Å². The third kappa shape index (κ3) is 15.0. The number of thioether (sulfide) groups is 1. The van der Waals surface area contributed by atoms with Gasteiger partial charge in [-0.25, -0.2) is 5.84 Å². The Balaban J connectivity index is 4.71. The van der Waals surface area contributed by atoms with E-state index < -0.39 is 18.0 Å². The first-order valence-electron chi connectivity index (χ1n) is 12.1. The van der Waals surface area contributed by atoms with Crippen LogP contribution in [0.5, 0.6) is 0 Å². The van der Waals surface area contributed by atoms with Gasteiger partial charge in [-0.3, -0.25) is 19.8 Å². The van der Waals surface area contributed by atoms with Gasteiger partial charge in [0.2, 0.25) is 11.8 Å². The fraction of sp³-hybridized carbons (Fsp3) is 0.654. The standard InChI is InChI=1S/C26H46N4O3S/c1-8-21(6)24(28-22(7)31)26(33)29-23(25(32)30-27)17-34-16-15-20(5)14-10-13-19(4)12-9-11-18(2)3/h11,13,15,21,23-24H,8-10,12,14,16-17,27H2,1-7H3,(H,28,31)(H,29,33)(H,30,32)/b19-13+,20-15+/t21-,23-,24+/m0/s1. The summed E-state index contributed by atoms with van der Waals surface area (Å²) in [5.41, 5.74) is 6.20. The molecule has 0 heterocycles. The highest BCUT2D eigenvalue weighted by atomic mass is 32.2. The molecule has 0 saturated heterocycles. The summed E-state index contributed by atoms with van der Waals surface area (Å²) in [6.45, 7) is 13.8. The lowest BCUT2D eigenvalue weighted by molar-refractivity contribution is -0.132. The number of carbonyl (C=O) groups is 3.